The lowest BCUT2D eigenvalue weighted by molar-refractivity contribution is 0.143. The molecule has 2 nitrogen and oxygen atoms in total. The van der Waals surface area contributed by atoms with E-state index in [4.69, 9.17) is 0 Å². The highest BCUT2D eigenvalue weighted by Gasteiger charge is 2.31. The summed E-state index contributed by atoms with van der Waals surface area (Å²) in [6.45, 7) is 4.59. The summed E-state index contributed by atoms with van der Waals surface area (Å²) in [5.41, 5.74) is -0.0786. The molecule has 1 saturated carbocycles. The van der Waals surface area contributed by atoms with E-state index >= 15 is 0 Å². The average Bonchev–Trinajstić information content (AvgIpc) is 2.30. The summed E-state index contributed by atoms with van der Waals surface area (Å²) in [4.78, 5) is 0. The molecule has 0 aromatic carbocycles. The maximum Gasteiger partial charge on any atom is 0.0610 e. The van der Waals surface area contributed by atoms with E-state index in [0.717, 1.165) is 18.1 Å². The Kier molecular flexibility index (Phi) is 6.16. The van der Waals surface area contributed by atoms with Crippen LogP contribution in [0.5, 0.6) is 0 Å². The second kappa shape index (κ2) is 6.87. The molecule has 0 aliphatic heterocycles. The van der Waals surface area contributed by atoms with E-state index in [-0.39, 0.29) is 12.1 Å². The van der Waals surface area contributed by atoms with Crippen molar-refractivity contribution in [1.29, 1.82) is 0 Å². The second-order valence-electron chi connectivity index (χ2n) is 5.28. The molecule has 3 atom stereocenters. The SMILES string of the molecule is CCCC(C)(CO)NC1CCCCC1SC. The van der Waals surface area contributed by atoms with Gasteiger partial charge in [-0.3, -0.25) is 0 Å². The molecule has 1 rings (SSSR count). The molecule has 0 amide bonds. The summed E-state index contributed by atoms with van der Waals surface area (Å²) in [6.07, 6.45) is 9.69. The maximum atomic E-state index is 9.54. The minimum Gasteiger partial charge on any atom is -0.394 e. The Hall–Kier alpha value is 0.270. The van der Waals surface area contributed by atoms with Crippen LogP contribution in [0.15, 0.2) is 0 Å². The van der Waals surface area contributed by atoms with Gasteiger partial charge in [0, 0.05) is 16.8 Å². The van der Waals surface area contributed by atoms with Gasteiger partial charge in [-0.25, -0.2) is 0 Å². The van der Waals surface area contributed by atoms with Gasteiger partial charge in [-0.2, -0.15) is 11.8 Å². The van der Waals surface area contributed by atoms with Crippen LogP contribution in [-0.4, -0.2) is 34.8 Å². The van der Waals surface area contributed by atoms with Crippen molar-refractivity contribution in [2.45, 2.75) is 69.2 Å². The maximum absolute atomic E-state index is 9.54. The van der Waals surface area contributed by atoms with Gasteiger partial charge in [0.1, 0.15) is 0 Å². The standard InChI is InChI=1S/C13H27NOS/c1-4-9-13(2,10-15)14-11-7-5-6-8-12(11)16-3/h11-12,14-15H,4-10H2,1-3H3. The van der Waals surface area contributed by atoms with Gasteiger partial charge in [0.2, 0.25) is 0 Å². The van der Waals surface area contributed by atoms with Gasteiger partial charge < -0.3 is 10.4 Å². The predicted octanol–water partition coefficient (Wildman–Crippen LogP) is 2.80. The second-order valence-corrected chi connectivity index (χ2v) is 6.36. The first-order chi connectivity index (χ1) is 7.65. The molecule has 0 heterocycles. The van der Waals surface area contributed by atoms with Crippen LogP contribution in [0.4, 0.5) is 0 Å². The molecule has 0 aromatic rings. The van der Waals surface area contributed by atoms with Crippen LogP contribution in [0.2, 0.25) is 0 Å². The van der Waals surface area contributed by atoms with Crippen molar-refractivity contribution in [3.05, 3.63) is 0 Å². The molecule has 2 N–H and O–H groups in total. The highest BCUT2D eigenvalue weighted by atomic mass is 32.2. The van der Waals surface area contributed by atoms with Crippen molar-refractivity contribution < 1.29 is 5.11 Å². The Labute approximate surface area is 105 Å². The quantitative estimate of drug-likeness (QED) is 0.755. The lowest BCUT2D eigenvalue weighted by Crippen LogP contribution is -2.54. The van der Waals surface area contributed by atoms with Crippen LogP contribution in [0.3, 0.4) is 0 Å². The number of hydrogen-bond donors (Lipinski definition) is 2. The van der Waals surface area contributed by atoms with E-state index < -0.39 is 0 Å². The first-order valence-corrected chi connectivity index (χ1v) is 7.85. The van der Waals surface area contributed by atoms with Crippen LogP contribution in [0, 0.1) is 0 Å². The average molecular weight is 245 g/mol. The largest absolute Gasteiger partial charge is 0.394 e. The van der Waals surface area contributed by atoms with E-state index in [9.17, 15) is 5.11 Å². The lowest BCUT2D eigenvalue weighted by atomic mass is 9.90. The smallest absolute Gasteiger partial charge is 0.0610 e. The van der Waals surface area contributed by atoms with E-state index in [1.165, 1.54) is 25.7 Å². The van der Waals surface area contributed by atoms with Gasteiger partial charge >= 0.3 is 0 Å². The van der Waals surface area contributed by atoms with Crippen molar-refractivity contribution in [3.8, 4) is 0 Å². The first kappa shape index (κ1) is 14.3. The Balaban J connectivity index is 2.54. The predicted molar refractivity (Wildman–Crippen MR) is 73.1 cm³/mol. The van der Waals surface area contributed by atoms with Gasteiger partial charge in [-0.15, -0.1) is 0 Å². The van der Waals surface area contributed by atoms with E-state index in [1.54, 1.807) is 0 Å². The normalized spacial score (nSPS) is 30.0. The third-order valence-electron chi connectivity index (χ3n) is 3.69. The zero-order valence-corrected chi connectivity index (χ0v) is 11.8. The third-order valence-corrected chi connectivity index (χ3v) is 4.86. The van der Waals surface area contributed by atoms with E-state index in [2.05, 4.69) is 25.4 Å². The molecule has 1 fully saturated rings. The van der Waals surface area contributed by atoms with Crippen molar-refractivity contribution in [2.24, 2.45) is 0 Å². The number of rotatable bonds is 6. The van der Waals surface area contributed by atoms with Gasteiger partial charge in [-0.05, 0) is 32.4 Å². The van der Waals surface area contributed by atoms with Gasteiger partial charge in [0.05, 0.1) is 6.61 Å². The molecular weight excluding hydrogens is 218 g/mol. The van der Waals surface area contributed by atoms with Crippen molar-refractivity contribution in [3.63, 3.8) is 0 Å². The number of nitrogens with one attached hydrogen (secondary N) is 1. The third kappa shape index (κ3) is 3.94. The van der Waals surface area contributed by atoms with Crippen LogP contribution < -0.4 is 5.32 Å². The number of aliphatic hydroxyl groups excluding tert-OH is 1. The van der Waals surface area contributed by atoms with Crippen LogP contribution >= 0.6 is 11.8 Å². The van der Waals surface area contributed by atoms with Crippen molar-refractivity contribution >= 4 is 11.8 Å². The summed E-state index contributed by atoms with van der Waals surface area (Å²) in [7, 11) is 0. The summed E-state index contributed by atoms with van der Waals surface area (Å²) in [5.74, 6) is 0. The summed E-state index contributed by atoms with van der Waals surface area (Å²) >= 11 is 1.98. The van der Waals surface area contributed by atoms with Gasteiger partial charge in [-0.1, -0.05) is 26.2 Å². The fourth-order valence-electron chi connectivity index (χ4n) is 2.74. The molecule has 16 heavy (non-hydrogen) atoms. The van der Waals surface area contributed by atoms with E-state index in [0.29, 0.717) is 6.04 Å². The van der Waals surface area contributed by atoms with Crippen molar-refractivity contribution in [2.75, 3.05) is 12.9 Å². The molecule has 0 bridgehead atoms. The molecule has 96 valence electrons. The van der Waals surface area contributed by atoms with Crippen LogP contribution in [0.25, 0.3) is 0 Å². The molecule has 0 saturated heterocycles. The first-order valence-electron chi connectivity index (χ1n) is 6.56. The topological polar surface area (TPSA) is 32.3 Å². The monoisotopic (exact) mass is 245 g/mol. The molecule has 0 spiro atoms. The number of aliphatic hydroxyl groups is 1. The Bertz CT molecular complexity index is 200. The molecular formula is C13H27NOS. The van der Waals surface area contributed by atoms with Gasteiger partial charge in [0.25, 0.3) is 0 Å². The fraction of sp³-hybridized carbons (Fsp3) is 1.00. The minimum absolute atomic E-state index is 0.0786. The lowest BCUT2D eigenvalue weighted by Gasteiger charge is -2.39. The Morgan fingerprint density at radius 2 is 2.06 bits per heavy atom. The zero-order chi connectivity index (χ0) is 12.0. The number of thioether (sulfide) groups is 1. The Morgan fingerprint density at radius 1 is 1.38 bits per heavy atom. The minimum atomic E-state index is -0.0786. The molecule has 0 aromatic heterocycles. The van der Waals surface area contributed by atoms with Crippen LogP contribution in [-0.2, 0) is 0 Å². The van der Waals surface area contributed by atoms with E-state index in [1.807, 2.05) is 11.8 Å². The summed E-state index contributed by atoms with van der Waals surface area (Å²) < 4.78 is 0. The van der Waals surface area contributed by atoms with Crippen molar-refractivity contribution in [1.82, 2.24) is 5.32 Å². The molecule has 3 heteroatoms. The molecule has 1 aliphatic carbocycles. The molecule has 3 unspecified atom stereocenters. The highest BCUT2D eigenvalue weighted by molar-refractivity contribution is 7.99. The molecule has 1 aliphatic rings. The fourth-order valence-corrected chi connectivity index (χ4v) is 3.68. The van der Waals surface area contributed by atoms with Crippen LogP contribution in [0.1, 0.15) is 52.4 Å². The number of hydrogen-bond acceptors (Lipinski definition) is 3. The summed E-state index contributed by atoms with van der Waals surface area (Å²) in [5, 5.41) is 14.0. The van der Waals surface area contributed by atoms with Gasteiger partial charge in [0.15, 0.2) is 0 Å². The Morgan fingerprint density at radius 3 is 2.62 bits per heavy atom. The molecule has 0 radical (unpaired) electrons. The highest BCUT2D eigenvalue weighted by Crippen LogP contribution is 2.29. The zero-order valence-electron chi connectivity index (χ0n) is 11.0. The summed E-state index contributed by atoms with van der Waals surface area (Å²) in [6, 6.07) is 0.590.